The standard InChI is InChI=1S/C21H25Cl2N3O5S2/c1-25(32(2,28)29)18-5-3-4-17(13-18)24-21(27)16-8-10-26(11-9-16)33(30,31)14-15-6-7-19(22)20(23)12-15/h3-7,12-13,16H,8-11,14H2,1-2H3,(H,24,27). The normalized spacial score (nSPS) is 15.9. The molecule has 12 heteroatoms. The molecule has 0 aromatic heterocycles. The van der Waals surface area contributed by atoms with E-state index in [1.54, 1.807) is 36.4 Å². The van der Waals surface area contributed by atoms with Gasteiger partial charge in [0.1, 0.15) is 0 Å². The number of piperidine rings is 1. The van der Waals surface area contributed by atoms with Crippen LogP contribution in [0, 0.1) is 5.92 Å². The summed E-state index contributed by atoms with van der Waals surface area (Å²) in [5.74, 6) is -0.769. The molecule has 0 spiro atoms. The van der Waals surface area contributed by atoms with Crippen molar-refractivity contribution in [1.82, 2.24) is 4.31 Å². The topological polar surface area (TPSA) is 104 Å². The summed E-state index contributed by atoms with van der Waals surface area (Å²) >= 11 is 11.9. The van der Waals surface area contributed by atoms with Gasteiger partial charge < -0.3 is 5.32 Å². The summed E-state index contributed by atoms with van der Waals surface area (Å²) in [6.45, 7) is 0.469. The molecular formula is C21H25Cl2N3O5S2. The van der Waals surface area contributed by atoms with Crippen molar-refractivity contribution in [2.45, 2.75) is 18.6 Å². The van der Waals surface area contributed by atoms with Crippen LogP contribution in [0.25, 0.3) is 0 Å². The van der Waals surface area contributed by atoms with Gasteiger partial charge in [0.2, 0.25) is 26.0 Å². The molecule has 1 aliphatic rings. The number of benzene rings is 2. The zero-order chi connectivity index (χ0) is 24.4. The van der Waals surface area contributed by atoms with Crippen LogP contribution in [-0.4, -0.2) is 53.4 Å². The lowest BCUT2D eigenvalue weighted by atomic mass is 9.97. The molecule has 0 atom stereocenters. The second-order valence-corrected chi connectivity index (χ2v) is 12.7. The van der Waals surface area contributed by atoms with E-state index in [0.717, 1.165) is 10.6 Å². The minimum atomic E-state index is -3.57. The summed E-state index contributed by atoms with van der Waals surface area (Å²) < 4.78 is 51.6. The van der Waals surface area contributed by atoms with Crippen LogP contribution < -0.4 is 9.62 Å². The minimum absolute atomic E-state index is 0.193. The molecule has 1 fully saturated rings. The van der Waals surface area contributed by atoms with Crippen LogP contribution in [0.1, 0.15) is 18.4 Å². The van der Waals surface area contributed by atoms with E-state index in [2.05, 4.69) is 5.32 Å². The molecule has 0 saturated carbocycles. The lowest BCUT2D eigenvalue weighted by molar-refractivity contribution is -0.120. The van der Waals surface area contributed by atoms with Crippen LogP contribution in [0.5, 0.6) is 0 Å². The van der Waals surface area contributed by atoms with Gasteiger partial charge in [-0.25, -0.2) is 21.1 Å². The van der Waals surface area contributed by atoms with Crippen molar-refractivity contribution in [3.05, 3.63) is 58.1 Å². The average molecular weight is 534 g/mol. The zero-order valence-electron chi connectivity index (χ0n) is 18.2. The van der Waals surface area contributed by atoms with Gasteiger partial charge in [0.25, 0.3) is 0 Å². The second kappa shape index (κ2) is 10.2. The van der Waals surface area contributed by atoms with Crippen LogP contribution in [0.3, 0.4) is 0 Å². The number of anilines is 2. The first kappa shape index (κ1) is 25.8. The van der Waals surface area contributed by atoms with Crippen LogP contribution >= 0.6 is 23.2 Å². The number of amides is 1. The van der Waals surface area contributed by atoms with Crippen molar-refractivity contribution in [1.29, 1.82) is 0 Å². The Hall–Kier alpha value is -1.85. The Bertz CT molecular complexity index is 1240. The van der Waals surface area contributed by atoms with Crippen LogP contribution in [-0.2, 0) is 30.6 Å². The van der Waals surface area contributed by atoms with Crippen molar-refractivity contribution in [2.75, 3.05) is 36.0 Å². The predicted octanol–water partition coefficient (Wildman–Crippen LogP) is 3.57. The lowest BCUT2D eigenvalue weighted by Gasteiger charge is -2.30. The fraction of sp³-hybridized carbons (Fsp3) is 0.381. The Kier molecular flexibility index (Phi) is 7.95. The molecule has 1 saturated heterocycles. The van der Waals surface area contributed by atoms with Crippen molar-refractivity contribution in [3.63, 3.8) is 0 Å². The number of hydrogen-bond acceptors (Lipinski definition) is 5. The highest BCUT2D eigenvalue weighted by atomic mass is 35.5. The fourth-order valence-electron chi connectivity index (χ4n) is 3.54. The molecule has 0 radical (unpaired) electrons. The number of nitrogens with zero attached hydrogens (tertiary/aromatic N) is 2. The molecule has 1 amide bonds. The smallest absolute Gasteiger partial charge is 0.231 e. The van der Waals surface area contributed by atoms with Crippen LogP contribution in [0.2, 0.25) is 10.0 Å². The Morgan fingerprint density at radius 3 is 2.33 bits per heavy atom. The van der Waals surface area contributed by atoms with Gasteiger partial charge in [-0.2, -0.15) is 0 Å². The maximum absolute atomic E-state index is 12.8. The van der Waals surface area contributed by atoms with Crippen molar-refractivity contribution < 1.29 is 21.6 Å². The summed E-state index contributed by atoms with van der Waals surface area (Å²) in [4.78, 5) is 12.7. The fourth-order valence-corrected chi connectivity index (χ4v) is 5.91. The molecule has 1 aliphatic heterocycles. The van der Waals surface area contributed by atoms with E-state index in [4.69, 9.17) is 23.2 Å². The van der Waals surface area contributed by atoms with Crippen molar-refractivity contribution in [2.24, 2.45) is 5.92 Å². The highest BCUT2D eigenvalue weighted by molar-refractivity contribution is 7.92. The molecule has 1 N–H and O–H groups in total. The Morgan fingerprint density at radius 2 is 1.73 bits per heavy atom. The first-order chi connectivity index (χ1) is 15.4. The van der Waals surface area contributed by atoms with E-state index in [0.29, 0.717) is 39.8 Å². The van der Waals surface area contributed by atoms with Crippen LogP contribution in [0.4, 0.5) is 11.4 Å². The van der Waals surface area contributed by atoms with E-state index in [9.17, 15) is 21.6 Å². The summed E-state index contributed by atoms with van der Waals surface area (Å²) in [6, 6.07) is 11.3. The Morgan fingerprint density at radius 1 is 1.06 bits per heavy atom. The molecule has 0 bridgehead atoms. The SMILES string of the molecule is CN(c1cccc(NC(=O)C2CCN(S(=O)(=O)Cc3ccc(Cl)c(Cl)c3)CC2)c1)S(C)(=O)=O. The van der Waals surface area contributed by atoms with Crippen molar-refractivity contribution >= 4 is 60.5 Å². The molecule has 3 rings (SSSR count). The van der Waals surface area contributed by atoms with Gasteiger partial charge in [0.15, 0.2) is 0 Å². The van der Waals surface area contributed by atoms with Gasteiger partial charge in [-0.3, -0.25) is 9.10 Å². The third-order valence-corrected chi connectivity index (χ3v) is 9.32. The third-order valence-electron chi connectivity index (χ3n) is 5.53. The van der Waals surface area contributed by atoms with Gasteiger partial charge >= 0.3 is 0 Å². The van der Waals surface area contributed by atoms with Gasteiger partial charge in [0.05, 0.1) is 27.7 Å². The average Bonchev–Trinajstić information content (AvgIpc) is 2.75. The number of rotatable bonds is 7. The molecule has 1 heterocycles. The summed E-state index contributed by atoms with van der Waals surface area (Å²) in [5.41, 5.74) is 1.45. The molecule has 180 valence electrons. The third kappa shape index (κ3) is 6.60. The molecule has 0 unspecified atom stereocenters. The number of hydrogen-bond donors (Lipinski definition) is 1. The molecular weight excluding hydrogens is 509 g/mol. The van der Waals surface area contributed by atoms with E-state index in [1.807, 2.05) is 0 Å². The van der Waals surface area contributed by atoms with E-state index in [1.165, 1.54) is 17.4 Å². The van der Waals surface area contributed by atoms with Gasteiger partial charge in [-0.15, -0.1) is 0 Å². The van der Waals surface area contributed by atoms with E-state index in [-0.39, 0.29) is 30.7 Å². The highest BCUT2D eigenvalue weighted by Gasteiger charge is 2.31. The van der Waals surface area contributed by atoms with Gasteiger partial charge in [0, 0.05) is 31.7 Å². The van der Waals surface area contributed by atoms with Crippen molar-refractivity contribution in [3.8, 4) is 0 Å². The predicted molar refractivity (Wildman–Crippen MR) is 132 cm³/mol. The number of carbonyl (C=O) groups is 1. The Labute approximate surface area is 204 Å². The largest absolute Gasteiger partial charge is 0.326 e. The maximum Gasteiger partial charge on any atom is 0.231 e. The Balaban J connectivity index is 1.59. The van der Waals surface area contributed by atoms with E-state index >= 15 is 0 Å². The maximum atomic E-state index is 12.8. The molecule has 8 nitrogen and oxygen atoms in total. The highest BCUT2D eigenvalue weighted by Crippen LogP contribution is 2.27. The van der Waals surface area contributed by atoms with E-state index < -0.39 is 20.0 Å². The molecule has 0 aliphatic carbocycles. The zero-order valence-corrected chi connectivity index (χ0v) is 21.3. The monoisotopic (exact) mass is 533 g/mol. The number of carbonyl (C=O) groups excluding carboxylic acids is 1. The lowest BCUT2D eigenvalue weighted by Crippen LogP contribution is -2.41. The minimum Gasteiger partial charge on any atom is -0.326 e. The van der Waals surface area contributed by atoms with Gasteiger partial charge in [-0.05, 0) is 48.7 Å². The number of halogens is 2. The summed E-state index contributed by atoms with van der Waals surface area (Å²) in [7, 11) is -5.56. The number of sulfonamides is 2. The molecule has 2 aromatic carbocycles. The first-order valence-corrected chi connectivity index (χ1v) is 14.3. The number of nitrogens with one attached hydrogen (secondary N) is 1. The summed E-state index contributed by atoms with van der Waals surface area (Å²) in [5, 5.41) is 3.46. The molecule has 33 heavy (non-hydrogen) atoms. The van der Waals surface area contributed by atoms with Crippen LogP contribution in [0.15, 0.2) is 42.5 Å². The summed E-state index contributed by atoms with van der Waals surface area (Å²) in [6.07, 6.45) is 1.87. The quantitative estimate of drug-likeness (QED) is 0.585. The second-order valence-electron chi connectivity index (χ2n) is 7.95. The molecule has 2 aromatic rings. The van der Waals surface area contributed by atoms with Gasteiger partial charge in [-0.1, -0.05) is 35.3 Å². The first-order valence-electron chi connectivity index (χ1n) is 10.1.